The fourth-order valence-electron chi connectivity index (χ4n) is 3.86. The van der Waals surface area contributed by atoms with Crippen LogP contribution in [0.5, 0.6) is 0 Å². The van der Waals surface area contributed by atoms with Gasteiger partial charge in [0.25, 0.3) is 11.4 Å². The number of carbonyl (C=O) groups is 1. The van der Waals surface area contributed by atoms with E-state index in [9.17, 15) is 9.59 Å². The Kier molecular flexibility index (Phi) is 5.70. The number of para-hydroxylation sites is 1. The largest absolute Gasteiger partial charge is 0.348 e. The molecule has 2 aromatic carbocycles. The van der Waals surface area contributed by atoms with E-state index >= 15 is 0 Å². The summed E-state index contributed by atoms with van der Waals surface area (Å²) in [6, 6.07) is 23.6. The minimum absolute atomic E-state index is 0.111. The monoisotopic (exact) mass is 451 g/mol. The lowest BCUT2D eigenvalue weighted by molar-refractivity contribution is -0.122. The molecule has 34 heavy (non-hydrogen) atoms. The standard InChI is InChI=1S/C26H21N5O3/c1-17(18-9-3-2-4-10-18)28-23(32)16-31-22-13-6-5-11-19(22)20(15-24(31)33)26-29-25(30-34-26)21-12-7-8-14-27-21/h2-15,17H,16H2,1H3,(H,28,32)/t17-/m0/s1. The molecule has 5 rings (SSSR count). The lowest BCUT2D eigenvalue weighted by atomic mass is 10.1. The van der Waals surface area contributed by atoms with E-state index in [0.29, 0.717) is 22.6 Å². The van der Waals surface area contributed by atoms with Crippen molar-refractivity contribution in [3.05, 3.63) is 101 Å². The maximum atomic E-state index is 13.1. The Labute approximate surface area is 194 Å². The van der Waals surface area contributed by atoms with E-state index < -0.39 is 0 Å². The van der Waals surface area contributed by atoms with Crippen molar-refractivity contribution in [2.45, 2.75) is 19.5 Å². The Morgan fingerprint density at radius 3 is 2.59 bits per heavy atom. The maximum absolute atomic E-state index is 13.1. The van der Waals surface area contributed by atoms with Crippen LogP contribution < -0.4 is 10.9 Å². The van der Waals surface area contributed by atoms with Crippen LogP contribution in [0.15, 0.2) is 94.4 Å². The number of fused-ring (bicyclic) bond motifs is 1. The zero-order chi connectivity index (χ0) is 23.5. The van der Waals surface area contributed by atoms with Crippen molar-refractivity contribution in [3.8, 4) is 23.0 Å². The van der Waals surface area contributed by atoms with Gasteiger partial charge >= 0.3 is 0 Å². The van der Waals surface area contributed by atoms with Gasteiger partial charge in [0, 0.05) is 17.6 Å². The van der Waals surface area contributed by atoms with E-state index in [1.807, 2.05) is 61.5 Å². The van der Waals surface area contributed by atoms with Crippen molar-refractivity contribution in [1.82, 2.24) is 25.0 Å². The number of aromatic nitrogens is 4. The fraction of sp³-hybridized carbons (Fsp3) is 0.115. The van der Waals surface area contributed by atoms with E-state index in [1.54, 1.807) is 24.4 Å². The molecule has 8 heteroatoms. The Morgan fingerprint density at radius 1 is 1.03 bits per heavy atom. The normalized spacial score (nSPS) is 11.9. The molecule has 0 bridgehead atoms. The van der Waals surface area contributed by atoms with Crippen LogP contribution in [0.2, 0.25) is 0 Å². The third-order valence-electron chi connectivity index (χ3n) is 5.55. The van der Waals surface area contributed by atoms with Crippen LogP contribution in [0.25, 0.3) is 33.9 Å². The average molecular weight is 451 g/mol. The predicted molar refractivity (Wildman–Crippen MR) is 128 cm³/mol. The highest BCUT2D eigenvalue weighted by Gasteiger charge is 2.18. The van der Waals surface area contributed by atoms with Crippen molar-refractivity contribution in [2.75, 3.05) is 0 Å². The van der Waals surface area contributed by atoms with Crippen molar-refractivity contribution in [1.29, 1.82) is 0 Å². The molecule has 0 spiro atoms. The van der Waals surface area contributed by atoms with Gasteiger partial charge < -0.3 is 9.84 Å². The molecular formula is C26H21N5O3. The van der Waals surface area contributed by atoms with Gasteiger partial charge in [0.1, 0.15) is 12.2 Å². The molecule has 0 aliphatic heterocycles. The summed E-state index contributed by atoms with van der Waals surface area (Å²) < 4.78 is 6.91. The molecule has 3 heterocycles. The zero-order valence-corrected chi connectivity index (χ0v) is 18.4. The quantitative estimate of drug-likeness (QED) is 0.419. The number of amides is 1. The molecule has 168 valence electrons. The molecule has 1 N–H and O–H groups in total. The van der Waals surface area contributed by atoms with Crippen molar-refractivity contribution >= 4 is 16.8 Å². The first-order chi connectivity index (χ1) is 16.6. The van der Waals surface area contributed by atoms with Gasteiger partial charge in [0.05, 0.1) is 17.1 Å². The molecule has 0 fully saturated rings. The van der Waals surface area contributed by atoms with Gasteiger partial charge in [-0.3, -0.25) is 19.1 Å². The summed E-state index contributed by atoms with van der Waals surface area (Å²) in [6.07, 6.45) is 1.64. The first-order valence-corrected chi connectivity index (χ1v) is 10.8. The summed E-state index contributed by atoms with van der Waals surface area (Å²) in [5, 5.41) is 7.69. The SMILES string of the molecule is C[C@H](NC(=O)Cn1c(=O)cc(-c2nc(-c3ccccn3)no2)c2ccccc21)c1ccccc1. The summed E-state index contributed by atoms with van der Waals surface area (Å²) >= 11 is 0. The van der Waals surface area contributed by atoms with Gasteiger partial charge in [-0.25, -0.2) is 0 Å². The second kappa shape index (κ2) is 9.11. The van der Waals surface area contributed by atoms with Crippen LogP contribution in [-0.2, 0) is 11.3 Å². The van der Waals surface area contributed by atoms with Crippen molar-refractivity contribution < 1.29 is 9.32 Å². The van der Waals surface area contributed by atoms with Crippen molar-refractivity contribution in [2.24, 2.45) is 0 Å². The van der Waals surface area contributed by atoms with Crippen LogP contribution in [0.1, 0.15) is 18.5 Å². The number of hydrogen-bond acceptors (Lipinski definition) is 6. The summed E-state index contributed by atoms with van der Waals surface area (Å²) in [5.74, 6) is 0.285. The molecule has 0 unspecified atom stereocenters. The number of hydrogen-bond donors (Lipinski definition) is 1. The van der Waals surface area contributed by atoms with Gasteiger partial charge in [0.2, 0.25) is 11.7 Å². The first kappa shape index (κ1) is 21.3. The first-order valence-electron chi connectivity index (χ1n) is 10.8. The molecule has 1 atom stereocenters. The van der Waals surface area contributed by atoms with E-state index in [0.717, 1.165) is 10.9 Å². The second-order valence-corrected chi connectivity index (χ2v) is 7.84. The average Bonchev–Trinajstić information content (AvgIpc) is 3.37. The van der Waals surface area contributed by atoms with Crippen LogP contribution >= 0.6 is 0 Å². The molecule has 8 nitrogen and oxygen atoms in total. The Balaban J connectivity index is 1.47. The molecule has 0 radical (unpaired) electrons. The van der Waals surface area contributed by atoms with Crippen LogP contribution in [0.4, 0.5) is 0 Å². The van der Waals surface area contributed by atoms with E-state index in [4.69, 9.17) is 4.52 Å². The van der Waals surface area contributed by atoms with Crippen LogP contribution in [-0.4, -0.2) is 25.6 Å². The Bertz CT molecular complexity index is 1510. The number of nitrogens with one attached hydrogen (secondary N) is 1. The summed E-state index contributed by atoms with van der Waals surface area (Å²) in [5.41, 5.74) is 2.33. The molecule has 3 aromatic heterocycles. The highest BCUT2D eigenvalue weighted by atomic mass is 16.5. The molecular weight excluding hydrogens is 430 g/mol. The van der Waals surface area contributed by atoms with E-state index in [2.05, 4.69) is 20.4 Å². The number of rotatable bonds is 6. The van der Waals surface area contributed by atoms with E-state index in [-0.39, 0.29) is 29.9 Å². The highest BCUT2D eigenvalue weighted by Crippen LogP contribution is 2.27. The number of nitrogens with zero attached hydrogens (tertiary/aromatic N) is 4. The number of pyridine rings is 2. The van der Waals surface area contributed by atoms with Gasteiger partial charge in [-0.1, -0.05) is 59.8 Å². The molecule has 0 aliphatic carbocycles. The van der Waals surface area contributed by atoms with Gasteiger partial charge in [-0.15, -0.1) is 0 Å². The molecule has 1 amide bonds. The number of benzene rings is 2. The zero-order valence-electron chi connectivity index (χ0n) is 18.4. The Morgan fingerprint density at radius 2 is 1.79 bits per heavy atom. The molecule has 0 saturated carbocycles. The summed E-state index contributed by atoms with van der Waals surface area (Å²) in [6.45, 7) is 1.80. The summed E-state index contributed by atoms with van der Waals surface area (Å²) in [7, 11) is 0. The highest BCUT2D eigenvalue weighted by molar-refractivity contribution is 5.93. The van der Waals surface area contributed by atoms with E-state index in [1.165, 1.54) is 10.6 Å². The minimum atomic E-state index is -0.339. The van der Waals surface area contributed by atoms with Crippen LogP contribution in [0, 0.1) is 0 Å². The lowest BCUT2D eigenvalue weighted by Gasteiger charge is -2.16. The van der Waals surface area contributed by atoms with Crippen molar-refractivity contribution in [3.63, 3.8) is 0 Å². The van der Waals surface area contributed by atoms with Gasteiger partial charge in [0.15, 0.2) is 0 Å². The molecule has 0 aliphatic rings. The minimum Gasteiger partial charge on any atom is -0.348 e. The van der Waals surface area contributed by atoms with Gasteiger partial charge in [-0.2, -0.15) is 4.98 Å². The smallest absolute Gasteiger partial charge is 0.259 e. The maximum Gasteiger partial charge on any atom is 0.259 e. The second-order valence-electron chi connectivity index (χ2n) is 7.84. The third-order valence-corrected chi connectivity index (χ3v) is 5.55. The third kappa shape index (κ3) is 4.21. The summed E-state index contributed by atoms with van der Waals surface area (Å²) in [4.78, 5) is 34.5. The molecule has 5 aromatic rings. The number of carbonyl (C=O) groups excluding carboxylic acids is 1. The topological polar surface area (TPSA) is 103 Å². The lowest BCUT2D eigenvalue weighted by Crippen LogP contribution is -2.33. The Hall–Kier alpha value is -4.59. The fourth-order valence-corrected chi connectivity index (χ4v) is 3.86. The van der Waals surface area contributed by atoms with Crippen LogP contribution in [0.3, 0.4) is 0 Å². The van der Waals surface area contributed by atoms with Gasteiger partial charge in [-0.05, 0) is 30.7 Å². The molecule has 0 saturated heterocycles. The predicted octanol–water partition coefficient (Wildman–Crippen LogP) is 3.99.